The van der Waals surface area contributed by atoms with Gasteiger partial charge >= 0.3 is 0 Å². The Labute approximate surface area is 106 Å². The van der Waals surface area contributed by atoms with E-state index in [1.54, 1.807) is 0 Å². The fourth-order valence-electron chi connectivity index (χ4n) is 2.58. The summed E-state index contributed by atoms with van der Waals surface area (Å²) in [6.45, 7) is 2.82. The molecule has 0 radical (unpaired) electrons. The fourth-order valence-corrected chi connectivity index (χ4v) is 2.58. The van der Waals surface area contributed by atoms with Crippen molar-refractivity contribution in [1.29, 1.82) is 5.26 Å². The van der Waals surface area contributed by atoms with Gasteiger partial charge in [0.2, 0.25) is 0 Å². The maximum atomic E-state index is 8.89. The van der Waals surface area contributed by atoms with Crippen molar-refractivity contribution in [2.75, 3.05) is 0 Å². The Hall–Kier alpha value is -2.12. The molecule has 0 fully saturated rings. The van der Waals surface area contributed by atoms with Crippen LogP contribution in [0.25, 0.3) is 11.1 Å². The van der Waals surface area contributed by atoms with Crippen molar-refractivity contribution in [3.63, 3.8) is 0 Å². The van der Waals surface area contributed by atoms with Gasteiger partial charge in [0.25, 0.3) is 0 Å². The van der Waals surface area contributed by atoms with Crippen LogP contribution in [0.15, 0.2) is 24.4 Å². The predicted molar refractivity (Wildman–Crippen MR) is 68.8 cm³/mol. The van der Waals surface area contributed by atoms with E-state index >= 15 is 0 Å². The summed E-state index contributed by atoms with van der Waals surface area (Å²) in [4.78, 5) is 0. The Morgan fingerprint density at radius 3 is 3.00 bits per heavy atom. The highest BCUT2D eigenvalue weighted by Gasteiger charge is 2.23. The molecule has 18 heavy (non-hydrogen) atoms. The van der Waals surface area contributed by atoms with Gasteiger partial charge < -0.3 is 5.73 Å². The van der Waals surface area contributed by atoms with Crippen LogP contribution in [0.1, 0.15) is 16.8 Å². The molecule has 4 heteroatoms. The van der Waals surface area contributed by atoms with Gasteiger partial charge in [-0.3, -0.25) is 4.68 Å². The van der Waals surface area contributed by atoms with Gasteiger partial charge in [-0.2, -0.15) is 10.4 Å². The second-order valence-electron chi connectivity index (χ2n) is 4.79. The number of nitriles is 1. The molecule has 1 atom stereocenters. The highest BCUT2D eigenvalue weighted by atomic mass is 15.3. The Morgan fingerprint density at radius 2 is 2.28 bits per heavy atom. The first kappa shape index (κ1) is 11.0. The molecule has 0 spiro atoms. The number of nitrogens with zero attached hydrogens (tertiary/aromatic N) is 3. The number of hydrogen-bond acceptors (Lipinski definition) is 3. The van der Waals surface area contributed by atoms with Gasteiger partial charge in [0.05, 0.1) is 24.4 Å². The molecule has 0 aliphatic carbocycles. The molecule has 4 nitrogen and oxygen atoms in total. The molecule has 2 N–H and O–H groups in total. The molecule has 1 aliphatic heterocycles. The van der Waals surface area contributed by atoms with Crippen LogP contribution in [0, 0.1) is 18.3 Å². The van der Waals surface area contributed by atoms with Crippen LogP contribution in [0.2, 0.25) is 0 Å². The number of hydrogen-bond donors (Lipinski definition) is 1. The molecule has 2 aromatic rings. The zero-order chi connectivity index (χ0) is 12.7. The van der Waals surface area contributed by atoms with Crippen molar-refractivity contribution in [2.24, 2.45) is 5.73 Å². The molecular formula is C14H14N4. The van der Waals surface area contributed by atoms with Gasteiger partial charge in [-0.25, -0.2) is 0 Å². The summed E-state index contributed by atoms with van der Waals surface area (Å²) in [5.74, 6) is 0. The summed E-state index contributed by atoms with van der Waals surface area (Å²) in [6.07, 6.45) is 2.77. The van der Waals surface area contributed by atoms with E-state index in [1.165, 1.54) is 5.69 Å². The van der Waals surface area contributed by atoms with Crippen molar-refractivity contribution < 1.29 is 0 Å². The lowest BCUT2D eigenvalue weighted by atomic mass is 9.98. The lowest BCUT2D eigenvalue weighted by Gasteiger charge is -2.06. The predicted octanol–water partition coefficient (Wildman–Crippen LogP) is 1.61. The number of nitrogens with two attached hydrogens (primary N) is 1. The standard InChI is InChI=1S/C14H14N4/c1-9-4-10(6-15)2-3-12(9)13-7-17-18-8-11(16)5-14(13)18/h2-4,7,11H,5,8,16H2,1H3. The van der Waals surface area contributed by atoms with Crippen LogP contribution in [-0.2, 0) is 13.0 Å². The monoisotopic (exact) mass is 238 g/mol. The van der Waals surface area contributed by atoms with Gasteiger partial charge in [-0.1, -0.05) is 6.07 Å². The minimum atomic E-state index is 0.172. The first-order valence-corrected chi connectivity index (χ1v) is 6.00. The summed E-state index contributed by atoms with van der Waals surface area (Å²) in [6, 6.07) is 8.09. The molecule has 2 heterocycles. The minimum Gasteiger partial charge on any atom is -0.326 e. The molecule has 90 valence electrons. The molecule has 0 saturated heterocycles. The van der Waals surface area contributed by atoms with Gasteiger partial charge in [0.15, 0.2) is 0 Å². The minimum absolute atomic E-state index is 0.172. The molecule has 1 aromatic carbocycles. The topological polar surface area (TPSA) is 67.6 Å². The Bertz CT molecular complexity index is 648. The quantitative estimate of drug-likeness (QED) is 0.820. The molecule has 1 aromatic heterocycles. The van der Waals surface area contributed by atoms with Crippen LogP contribution in [0.4, 0.5) is 0 Å². The highest BCUT2D eigenvalue weighted by molar-refractivity contribution is 5.70. The Balaban J connectivity index is 2.09. The number of rotatable bonds is 1. The van der Waals surface area contributed by atoms with Crippen molar-refractivity contribution in [2.45, 2.75) is 25.9 Å². The highest BCUT2D eigenvalue weighted by Crippen LogP contribution is 2.30. The molecule has 1 unspecified atom stereocenters. The first-order chi connectivity index (χ1) is 8.69. The average Bonchev–Trinajstić information content (AvgIpc) is 2.88. The number of fused-ring (bicyclic) bond motifs is 1. The lowest BCUT2D eigenvalue weighted by Crippen LogP contribution is -2.21. The van der Waals surface area contributed by atoms with Gasteiger partial charge in [0, 0.05) is 23.7 Å². The number of aromatic nitrogens is 2. The van der Waals surface area contributed by atoms with Gasteiger partial charge in [0.1, 0.15) is 0 Å². The normalized spacial score (nSPS) is 17.5. The molecule has 3 rings (SSSR count). The maximum absolute atomic E-state index is 8.89. The van der Waals surface area contributed by atoms with Crippen LogP contribution in [-0.4, -0.2) is 15.8 Å². The summed E-state index contributed by atoms with van der Waals surface area (Å²) in [7, 11) is 0. The Morgan fingerprint density at radius 1 is 1.44 bits per heavy atom. The summed E-state index contributed by atoms with van der Waals surface area (Å²) >= 11 is 0. The summed E-state index contributed by atoms with van der Waals surface area (Å²) in [5.41, 5.74) is 11.2. The number of benzene rings is 1. The van der Waals surface area contributed by atoms with E-state index in [2.05, 4.69) is 11.2 Å². The van der Waals surface area contributed by atoms with E-state index in [0.29, 0.717) is 5.56 Å². The van der Waals surface area contributed by atoms with Gasteiger partial charge in [-0.05, 0) is 30.2 Å². The van der Waals surface area contributed by atoms with Crippen LogP contribution in [0.3, 0.4) is 0 Å². The largest absolute Gasteiger partial charge is 0.326 e. The zero-order valence-corrected chi connectivity index (χ0v) is 10.2. The van der Waals surface area contributed by atoms with E-state index in [0.717, 1.165) is 29.7 Å². The fraction of sp³-hybridized carbons (Fsp3) is 0.286. The van der Waals surface area contributed by atoms with Crippen LogP contribution in [0.5, 0.6) is 0 Å². The third-order valence-electron chi connectivity index (χ3n) is 3.46. The first-order valence-electron chi connectivity index (χ1n) is 6.00. The molecular weight excluding hydrogens is 224 g/mol. The van der Waals surface area contributed by atoms with E-state index in [9.17, 15) is 0 Å². The zero-order valence-electron chi connectivity index (χ0n) is 10.2. The van der Waals surface area contributed by atoms with E-state index in [4.69, 9.17) is 11.0 Å². The molecule has 0 saturated carbocycles. The van der Waals surface area contributed by atoms with E-state index in [1.807, 2.05) is 36.0 Å². The average molecular weight is 238 g/mol. The summed E-state index contributed by atoms with van der Waals surface area (Å²) in [5, 5.41) is 13.3. The second-order valence-corrected chi connectivity index (χ2v) is 4.79. The third kappa shape index (κ3) is 1.60. The number of aryl methyl sites for hydroxylation is 1. The summed E-state index contributed by atoms with van der Waals surface area (Å²) < 4.78 is 1.98. The van der Waals surface area contributed by atoms with Crippen molar-refractivity contribution in [3.05, 3.63) is 41.2 Å². The van der Waals surface area contributed by atoms with Crippen molar-refractivity contribution in [1.82, 2.24) is 9.78 Å². The van der Waals surface area contributed by atoms with Crippen molar-refractivity contribution >= 4 is 0 Å². The SMILES string of the molecule is Cc1cc(C#N)ccc1-c1cnn2c1CC(N)C2. The molecule has 1 aliphatic rings. The molecule has 0 bridgehead atoms. The van der Waals surface area contributed by atoms with Crippen LogP contribution < -0.4 is 5.73 Å². The Kier molecular flexibility index (Phi) is 2.42. The third-order valence-corrected chi connectivity index (χ3v) is 3.46. The van der Waals surface area contributed by atoms with E-state index < -0.39 is 0 Å². The molecule has 0 amide bonds. The van der Waals surface area contributed by atoms with E-state index in [-0.39, 0.29) is 6.04 Å². The van der Waals surface area contributed by atoms with Crippen molar-refractivity contribution in [3.8, 4) is 17.2 Å². The smallest absolute Gasteiger partial charge is 0.0991 e. The second kappa shape index (κ2) is 3.97. The maximum Gasteiger partial charge on any atom is 0.0991 e. The van der Waals surface area contributed by atoms with Gasteiger partial charge in [-0.15, -0.1) is 0 Å². The van der Waals surface area contributed by atoms with Crippen LogP contribution >= 0.6 is 0 Å². The lowest BCUT2D eigenvalue weighted by molar-refractivity contribution is 0.590.